The minimum atomic E-state index is -0.397. The van der Waals surface area contributed by atoms with Crippen molar-refractivity contribution < 1.29 is 0 Å². The van der Waals surface area contributed by atoms with Gasteiger partial charge in [0, 0.05) is 0 Å². The molecule has 0 amide bonds. The standard InChI is InChI=1S/C63H50/c1-61(2,3)38-28-37-29-39(62(4,5)6)33-50-47-31-36(26-27-41(47)49(32-38)56(37)50)57-40-17-8-7-16-35(40)30-48-51-34-55-59(45-21-15-22-46(58(45)51)60(48)57)44-20-11-14-25-54(44)63(55)52-23-12-9-18-42(52)43-19-10-13-24-53(43)63/h7-27,30-34,37-38H,28-29H2,1-6H3. The third kappa shape index (κ3) is 4.47. The lowest BCUT2D eigenvalue weighted by Gasteiger charge is -2.40. The second kappa shape index (κ2) is 11.9. The zero-order chi connectivity index (χ0) is 42.3. The van der Waals surface area contributed by atoms with Crippen LogP contribution in [0, 0.1) is 22.7 Å². The molecule has 8 aromatic rings. The predicted molar refractivity (Wildman–Crippen MR) is 266 cm³/mol. The largest absolute Gasteiger partial charge is 0.0727 e. The van der Waals surface area contributed by atoms with E-state index in [1.807, 2.05) is 0 Å². The summed E-state index contributed by atoms with van der Waals surface area (Å²) in [5, 5.41) is 5.36. The Balaban J connectivity index is 1.05. The molecule has 63 heavy (non-hydrogen) atoms. The van der Waals surface area contributed by atoms with Gasteiger partial charge >= 0.3 is 0 Å². The van der Waals surface area contributed by atoms with Crippen molar-refractivity contribution >= 4 is 32.7 Å². The van der Waals surface area contributed by atoms with E-state index in [0.717, 1.165) is 0 Å². The van der Waals surface area contributed by atoms with Gasteiger partial charge in [0.15, 0.2) is 0 Å². The fourth-order valence-electron chi connectivity index (χ4n) is 13.5. The maximum atomic E-state index is 2.66. The van der Waals surface area contributed by atoms with Crippen molar-refractivity contribution in [3.05, 3.63) is 202 Å². The van der Waals surface area contributed by atoms with Crippen LogP contribution >= 0.6 is 0 Å². The Morgan fingerprint density at radius 2 is 1.14 bits per heavy atom. The molecular weight excluding hydrogens is 757 g/mol. The number of rotatable bonds is 1. The van der Waals surface area contributed by atoms with Gasteiger partial charge in [0.25, 0.3) is 0 Å². The van der Waals surface area contributed by atoms with Gasteiger partial charge in [-0.1, -0.05) is 187 Å². The summed E-state index contributed by atoms with van der Waals surface area (Å²) >= 11 is 0. The van der Waals surface area contributed by atoms with E-state index in [4.69, 9.17) is 0 Å². The van der Waals surface area contributed by atoms with Crippen molar-refractivity contribution in [2.45, 2.75) is 59.8 Å². The molecule has 0 heteroatoms. The van der Waals surface area contributed by atoms with E-state index in [-0.39, 0.29) is 10.8 Å². The van der Waals surface area contributed by atoms with Crippen molar-refractivity contribution in [3.8, 4) is 55.6 Å². The number of hydrogen-bond donors (Lipinski definition) is 0. The molecule has 302 valence electrons. The van der Waals surface area contributed by atoms with Crippen molar-refractivity contribution in [2.24, 2.45) is 22.7 Å². The molecule has 0 aliphatic heterocycles. The van der Waals surface area contributed by atoms with Crippen LogP contribution in [-0.4, -0.2) is 0 Å². The molecule has 0 radical (unpaired) electrons. The first-order chi connectivity index (χ1) is 30.5. The number of allylic oxidation sites excluding steroid dienone is 6. The van der Waals surface area contributed by atoms with Crippen LogP contribution in [0.2, 0.25) is 0 Å². The summed E-state index contributed by atoms with van der Waals surface area (Å²) in [6, 6.07) is 56.6. The van der Waals surface area contributed by atoms with Crippen LogP contribution in [-0.2, 0) is 5.41 Å². The molecule has 1 spiro atoms. The van der Waals surface area contributed by atoms with Gasteiger partial charge in [-0.05, 0) is 181 Å². The highest BCUT2D eigenvalue weighted by Gasteiger charge is 2.53. The summed E-state index contributed by atoms with van der Waals surface area (Å²) in [5.41, 5.74) is 28.1. The first-order valence-electron chi connectivity index (χ1n) is 23.3. The molecule has 6 aliphatic rings. The van der Waals surface area contributed by atoms with Gasteiger partial charge in [0.2, 0.25) is 0 Å². The fraction of sp³-hybridized carbons (Fsp3) is 0.206. The van der Waals surface area contributed by atoms with Crippen molar-refractivity contribution in [1.82, 2.24) is 0 Å². The highest BCUT2D eigenvalue weighted by atomic mass is 14.5. The van der Waals surface area contributed by atoms with Gasteiger partial charge in [-0.2, -0.15) is 0 Å². The van der Waals surface area contributed by atoms with Crippen LogP contribution in [0.1, 0.15) is 87.8 Å². The first-order valence-corrected chi connectivity index (χ1v) is 23.3. The molecular formula is C63H50. The third-order valence-electron chi connectivity index (χ3n) is 16.4. The van der Waals surface area contributed by atoms with Crippen LogP contribution < -0.4 is 0 Å². The molecule has 14 rings (SSSR count). The van der Waals surface area contributed by atoms with Crippen molar-refractivity contribution in [1.29, 1.82) is 0 Å². The summed E-state index contributed by atoms with van der Waals surface area (Å²) in [7, 11) is 0. The van der Waals surface area contributed by atoms with Crippen LogP contribution in [0.3, 0.4) is 0 Å². The Labute approximate surface area is 371 Å². The van der Waals surface area contributed by atoms with Crippen LogP contribution in [0.4, 0.5) is 0 Å². The number of benzene rings is 8. The first kappa shape index (κ1) is 36.0. The summed E-state index contributed by atoms with van der Waals surface area (Å²) in [4.78, 5) is 0. The Morgan fingerprint density at radius 3 is 1.87 bits per heavy atom. The van der Waals surface area contributed by atoms with Gasteiger partial charge in [0.05, 0.1) is 5.41 Å². The molecule has 0 saturated carbocycles. The zero-order valence-electron chi connectivity index (χ0n) is 37.1. The lowest BCUT2D eigenvalue weighted by Crippen LogP contribution is -2.28. The van der Waals surface area contributed by atoms with Gasteiger partial charge in [0.1, 0.15) is 0 Å². The smallest absolute Gasteiger partial charge is 0.0725 e. The quantitative estimate of drug-likeness (QED) is 0.155. The average Bonchev–Trinajstić information content (AvgIpc) is 3.98. The van der Waals surface area contributed by atoms with Crippen LogP contribution in [0.25, 0.3) is 88.3 Å². The lowest BCUT2D eigenvalue weighted by molar-refractivity contribution is 0.245. The van der Waals surface area contributed by atoms with Gasteiger partial charge in [-0.25, -0.2) is 0 Å². The molecule has 0 aromatic heterocycles. The van der Waals surface area contributed by atoms with Gasteiger partial charge < -0.3 is 0 Å². The molecule has 0 heterocycles. The number of hydrogen-bond acceptors (Lipinski definition) is 0. The second-order valence-electron chi connectivity index (χ2n) is 21.6. The molecule has 0 nitrogen and oxygen atoms in total. The van der Waals surface area contributed by atoms with Gasteiger partial charge in [-0.3, -0.25) is 0 Å². The van der Waals surface area contributed by atoms with Crippen LogP contribution in [0.15, 0.2) is 169 Å². The van der Waals surface area contributed by atoms with Crippen molar-refractivity contribution in [2.75, 3.05) is 0 Å². The molecule has 0 bridgehead atoms. The predicted octanol–water partition coefficient (Wildman–Crippen LogP) is 16.9. The molecule has 0 N–H and O–H groups in total. The highest BCUT2D eigenvalue weighted by molar-refractivity contribution is 6.26. The van der Waals surface area contributed by atoms with E-state index >= 15 is 0 Å². The SMILES string of the molecule is CC(C)(C)C1=CC2=C3C(=CC(C(C)(C)C)CC3C1)c1ccc(-c3c4c(cc5ccccc35)-c3cc5c(c6cccc-4c36)-c3ccccc3C53c4ccccc4-c4ccccc43)cc12. The van der Waals surface area contributed by atoms with E-state index < -0.39 is 5.41 Å². The second-order valence-corrected chi connectivity index (χ2v) is 21.6. The minimum absolute atomic E-state index is 0.125. The lowest BCUT2D eigenvalue weighted by atomic mass is 9.64. The Hall–Kier alpha value is -6.50. The fourth-order valence-corrected chi connectivity index (χ4v) is 13.5. The molecule has 0 fully saturated rings. The summed E-state index contributed by atoms with van der Waals surface area (Å²) in [5.74, 6) is 1.11. The average molecular weight is 807 g/mol. The summed E-state index contributed by atoms with van der Waals surface area (Å²) in [6.07, 6.45) is 7.65. The molecule has 0 saturated heterocycles. The minimum Gasteiger partial charge on any atom is -0.0727 e. The van der Waals surface area contributed by atoms with E-state index in [9.17, 15) is 0 Å². The van der Waals surface area contributed by atoms with E-state index in [0.29, 0.717) is 11.8 Å². The normalized spacial score (nSPS) is 19.1. The third-order valence-corrected chi connectivity index (χ3v) is 16.4. The molecule has 2 unspecified atom stereocenters. The van der Waals surface area contributed by atoms with E-state index in [1.54, 1.807) is 11.1 Å². The van der Waals surface area contributed by atoms with Crippen molar-refractivity contribution in [3.63, 3.8) is 0 Å². The van der Waals surface area contributed by atoms with E-state index in [1.165, 1.54) is 135 Å². The topological polar surface area (TPSA) is 0 Å². The maximum absolute atomic E-state index is 2.66. The summed E-state index contributed by atoms with van der Waals surface area (Å²) in [6.45, 7) is 14.5. The zero-order valence-corrected chi connectivity index (χ0v) is 37.1. The summed E-state index contributed by atoms with van der Waals surface area (Å²) < 4.78 is 0. The van der Waals surface area contributed by atoms with Gasteiger partial charge in [-0.15, -0.1) is 0 Å². The maximum Gasteiger partial charge on any atom is 0.0725 e. The molecule has 8 aromatic carbocycles. The Bertz CT molecular complexity index is 3480. The number of fused-ring (bicyclic) bond motifs is 18. The highest BCUT2D eigenvalue weighted by Crippen LogP contribution is 2.67. The van der Waals surface area contributed by atoms with E-state index in [2.05, 4.69) is 199 Å². The molecule has 6 aliphatic carbocycles. The van der Waals surface area contributed by atoms with Crippen LogP contribution in [0.5, 0.6) is 0 Å². The monoisotopic (exact) mass is 806 g/mol. The Kier molecular flexibility index (Phi) is 6.83. The Morgan fingerprint density at radius 1 is 0.492 bits per heavy atom. The molecule has 2 atom stereocenters.